The van der Waals surface area contributed by atoms with Crippen molar-refractivity contribution in [2.45, 2.75) is 18.9 Å². The molecule has 5 nitrogen and oxygen atoms in total. The second-order valence-corrected chi connectivity index (χ2v) is 6.73. The van der Waals surface area contributed by atoms with Gasteiger partial charge in [-0.25, -0.2) is 4.98 Å². The molecule has 0 aliphatic carbocycles. The third-order valence-corrected chi connectivity index (χ3v) is 5.34. The molecule has 0 spiro atoms. The Hall–Kier alpha value is -1.82. The highest BCUT2D eigenvalue weighted by Crippen LogP contribution is 2.38. The Kier molecular flexibility index (Phi) is 4.08. The summed E-state index contributed by atoms with van der Waals surface area (Å²) in [6.07, 6.45) is 5.61. The van der Waals surface area contributed by atoms with E-state index in [4.69, 9.17) is 28.2 Å². The molecule has 0 saturated carbocycles. The van der Waals surface area contributed by atoms with Crippen LogP contribution in [0.4, 0.5) is 5.82 Å². The van der Waals surface area contributed by atoms with Gasteiger partial charge in [0.1, 0.15) is 5.82 Å². The fraction of sp³-hybridized carbons (Fsp3) is 0.294. The summed E-state index contributed by atoms with van der Waals surface area (Å²) in [7, 11) is 0. The van der Waals surface area contributed by atoms with Gasteiger partial charge in [-0.05, 0) is 30.5 Å². The van der Waals surface area contributed by atoms with E-state index < -0.39 is 0 Å². The zero-order valence-electron chi connectivity index (χ0n) is 12.8. The smallest absolute Gasteiger partial charge is 0.130 e. The SMILES string of the molecule is OC[C@@H]1CCCN1c1cc(-c2cn[nH]c2)c2ccc(Cl)c(Cl)c2n1. The molecule has 1 fully saturated rings. The van der Waals surface area contributed by atoms with Crippen molar-refractivity contribution in [2.24, 2.45) is 0 Å². The summed E-state index contributed by atoms with van der Waals surface area (Å²) in [4.78, 5) is 6.89. The lowest BCUT2D eigenvalue weighted by molar-refractivity contribution is 0.266. The molecule has 4 rings (SSSR count). The normalized spacial score (nSPS) is 17.8. The number of aromatic nitrogens is 3. The van der Waals surface area contributed by atoms with Crippen molar-refractivity contribution in [1.82, 2.24) is 15.2 Å². The van der Waals surface area contributed by atoms with E-state index in [1.807, 2.05) is 18.3 Å². The molecular weight excluding hydrogens is 347 g/mol. The van der Waals surface area contributed by atoms with Crippen LogP contribution in [0, 0.1) is 0 Å². The molecular formula is C17H16Cl2N4O. The molecule has 0 radical (unpaired) electrons. The number of hydrogen-bond acceptors (Lipinski definition) is 4. The molecule has 3 aromatic rings. The van der Waals surface area contributed by atoms with Gasteiger partial charge in [0.2, 0.25) is 0 Å². The molecule has 3 heterocycles. The standard InChI is InChI=1S/C17H16Cl2N4O/c18-14-4-3-12-13(10-7-20-21-8-10)6-15(22-17(12)16(14)19)23-5-1-2-11(23)9-24/h3-4,6-8,11,24H,1-2,5,9H2,(H,20,21)/t11-/m0/s1. The van der Waals surface area contributed by atoms with Crippen LogP contribution < -0.4 is 4.90 Å². The molecule has 1 aliphatic heterocycles. The first-order chi connectivity index (χ1) is 11.7. The Balaban J connectivity index is 1.97. The number of aliphatic hydroxyl groups is 1. The summed E-state index contributed by atoms with van der Waals surface area (Å²) in [5.41, 5.74) is 2.62. The highest BCUT2D eigenvalue weighted by Gasteiger charge is 2.26. The van der Waals surface area contributed by atoms with E-state index in [2.05, 4.69) is 15.1 Å². The number of hydrogen-bond donors (Lipinski definition) is 2. The Morgan fingerprint density at radius 3 is 2.96 bits per heavy atom. The molecule has 1 saturated heterocycles. The van der Waals surface area contributed by atoms with Gasteiger partial charge in [0.15, 0.2) is 0 Å². The van der Waals surface area contributed by atoms with E-state index in [9.17, 15) is 5.11 Å². The van der Waals surface area contributed by atoms with Crippen molar-refractivity contribution < 1.29 is 5.11 Å². The predicted octanol–water partition coefficient (Wildman–Crippen LogP) is 3.89. The van der Waals surface area contributed by atoms with Gasteiger partial charge in [-0.3, -0.25) is 5.10 Å². The number of H-pyrrole nitrogens is 1. The number of pyridine rings is 1. The molecule has 1 atom stereocenters. The van der Waals surface area contributed by atoms with E-state index in [0.29, 0.717) is 15.6 Å². The van der Waals surface area contributed by atoms with Crippen LogP contribution in [0.5, 0.6) is 0 Å². The number of nitrogens with zero attached hydrogens (tertiary/aromatic N) is 3. The molecule has 2 N–H and O–H groups in total. The second kappa shape index (κ2) is 6.24. The van der Waals surface area contributed by atoms with Crippen LogP contribution in [0.3, 0.4) is 0 Å². The van der Waals surface area contributed by atoms with Gasteiger partial charge in [-0.2, -0.15) is 5.10 Å². The van der Waals surface area contributed by atoms with Gasteiger partial charge in [0.25, 0.3) is 0 Å². The van der Waals surface area contributed by atoms with Crippen LogP contribution in [-0.4, -0.2) is 39.5 Å². The fourth-order valence-corrected chi connectivity index (χ4v) is 3.69. The summed E-state index contributed by atoms with van der Waals surface area (Å²) in [6.45, 7) is 0.983. The van der Waals surface area contributed by atoms with Crippen LogP contribution in [0.1, 0.15) is 12.8 Å². The molecule has 1 aromatic carbocycles. The van der Waals surface area contributed by atoms with E-state index in [1.165, 1.54) is 0 Å². The van der Waals surface area contributed by atoms with Crippen molar-refractivity contribution in [1.29, 1.82) is 0 Å². The van der Waals surface area contributed by atoms with Gasteiger partial charge >= 0.3 is 0 Å². The topological polar surface area (TPSA) is 65.0 Å². The van der Waals surface area contributed by atoms with Crippen molar-refractivity contribution in [2.75, 3.05) is 18.1 Å². The number of aromatic amines is 1. The highest BCUT2D eigenvalue weighted by atomic mass is 35.5. The Morgan fingerprint density at radius 2 is 2.21 bits per heavy atom. The largest absolute Gasteiger partial charge is 0.394 e. The lowest BCUT2D eigenvalue weighted by atomic mass is 10.0. The first-order valence-corrected chi connectivity index (χ1v) is 8.60. The lowest BCUT2D eigenvalue weighted by Crippen LogP contribution is -2.32. The highest BCUT2D eigenvalue weighted by molar-refractivity contribution is 6.45. The Labute approximate surface area is 149 Å². The zero-order valence-corrected chi connectivity index (χ0v) is 14.3. The molecule has 124 valence electrons. The van der Waals surface area contributed by atoms with Gasteiger partial charge < -0.3 is 10.0 Å². The number of anilines is 1. The maximum atomic E-state index is 9.63. The molecule has 1 aliphatic rings. The molecule has 0 bridgehead atoms. The van der Waals surface area contributed by atoms with E-state index in [1.54, 1.807) is 12.3 Å². The van der Waals surface area contributed by atoms with Crippen molar-refractivity contribution in [3.05, 3.63) is 40.6 Å². The first-order valence-electron chi connectivity index (χ1n) is 7.84. The summed E-state index contributed by atoms with van der Waals surface area (Å²) in [6, 6.07) is 5.83. The lowest BCUT2D eigenvalue weighted by Gasteiger charge is -2.25. The number of nitrogens with one attached hydrogen (secondary N) is 1. The first kappa shape index (κ1) is 15.7. The molecule has 7 heteroatoms. The number of rotatable bonds is 3. The van der Waals surface area contributed by atoms with Crippen LogP contribution in [-0.2, 0) is 0 Å². The van der Waals surface area contributed by atoms with Crippen molar-refractivity contribution in [3.63, 3.8) is 0 Å². The van der Waals surface area contributed by atoms with Gasteiger partial charge in [-0.1, -0.05) is 29.3 Å². The fourth-order valence-electron chi connectivity index (χ4n) is 3.33. The summed E-state index contributed by atoms with van der Waals surface area (Å²) < 4.78 is 0. The van der Waals surface area contributed by atoms with Gasteiger partial charge in [0.05, 0.1) is 34.4 Å². The van der Waals surface area contributed by atoms with Gasteiger partial charge in [0, 0.05) is 23.7 Å². The van der Waals surface area contributed by atoms with Crippen LogP contribution >= 0.6 is 23.2 Å². The van der Waals surface area contributed by atoms with Crippen molar-refractivity contribution in [3.8, 4) is 11.1 Å². The zero-order chi connectivity index (χ0) is 16.7. The van der Waals surface area contributed by atoms with Gasteiger partial charge in [-0.15, -0.1) is 0 Å². The Bertz CT molecular complexity index is 882. The minimum absolute atomic E-state index is 0.0881. The average Bonchev–Trinajstić information content (AvgIpc) is 3.28. The Morgan fingerprint density at radius 1 is 1.33 bits per heavy atom. The second-order valence-electron chi connectivity index (χ2n) is 5.94. The third-order valence-electron chi connectivity index (χ3n) is 4.55. The van der Waals surface area contributed by atoms with E-state index >= 15 is 0 Å². The van der Waals surface area contributed by atoms with Crippen LogP contribution in [0.25, 0.3) is 22.0 Å². The molecule has 2 aromatic heterocycles. The number of aliphatic hydroxyl groups excluding tert-OH is 1. The quantitative estimate of drug-likeness (QED) is 0.741. The molecule has 0 amide bonds. The summed E-state index contributed by atoms with van der Waals surface area (Å²) >= 11 is 12.6. The minimum atomic E-state index is 0.0881. The minimum Gasteiger partial charge on any atom is -0.394 e. The number of halogens is 2. The van der Waals surface area contributed by atoms with Crippen LogP contribution in [0.15, 0.2) is 30.6 Å². The predicted molar refractivity (Wildman–Crippen MR) is 96.8 cm³/mol. The van der Waals surface area contributed by atoms with Crippen LogP contribution in [0.2, 0.25) is 10.0 Å². The maximum Gasteiger partial charge on any atom is 0.130 e. The number of fused-ring (bicyclic) bond motifs is 1. The molecule has 24 heavy (non-hydrogen) atoms. The van der Waals surface area contributed by atoms with E-state index in [-0.39, 0.29) is 12.6 Å². The maximum absolute atomic E-state index is 9.63. The monoisotopic (exact) mass is 362 g/mol. The third kappa shape index (κ3) is 2.53. The number of benzene rings is 1. The summed E-state index contributed by atoms with van der Waals surface area (Å²) in [5.74, 6) is 0.805. The van der Waals surface area contributed by atoms with E-state index in [0.717, 1.165) is 41.7 Å². The summed E-state index contributed by atoms with van der Waals surface area (Å²) in [5, 5.41) is 18.4. The van der Waals surface area contributed by atoms with Crippen molar-refractivity contribution >= 4 is 39.9 Å². The molecule has 0 unspecified atom stereocenters. The average molecular weight is 363 g/mol.